The van der Waals surface area contributed by atoms with Gasteiger partial charge in [-0.3, -0.25) is 9.59 Å². The van der Waals surface area contributed by atoms with Gasteiger partial charge < -0.3 is 25.1 Å². The zero-order valence-electron chi connectivity index (χ0n) is 11.5. The van der Waals surface area contributed by atoms with E-state index in [4.69, 9.17) is 9.52 Å². The molecule has 1 aromatic heterocycles. The van der Waals surface area contributed by atoms with Crippen molar-refractivity contribution >= 4 is 22.8 Å². The van der Waals surface area contributed by atoms with E-state index in [1.165, 1.54) is 12.1 Å². The van der Waals surface area contributed by atoms with Crippen molar-refractivity contribution in [3.05, 3.63) is 33.7 Å². The number of hydrogen-bond acceptors (Lipinski definition) is 6. The Bertz CT molecular complexity index is 822. The third kappa shape index (κ3) is 2.85. The average molecular weight is 307 g/mol. The lowest BCUT2D eigenvalue weighted by Gasteiger charge is -2.09. The molecule has 0 aliphatic carbocycles. The fourth-order valence-corrected chi connectivity index (χ4v) is 2.03. The molecule has 0 unspecified atom stereocenters. The first-order valence-corrected chi connectivity index (χ1v) is 6.27. The third-order valence-electron chi connectivity index (χ3n) is 3.18. The van der Waals surface area contributed by atoms with Gasteiger partial charge in [0.25, 0.3) is 0 Å². The zero-order chi connectivity index (χ0) is 16.4. The summed E-state index contributed by atoms with van der Waals surface area (Å²) in [7, 11) is 0. The maximum Gasteiger partial charge on any atom is 0.340 e. The van der Waals surface area contributed by atoms with Gasteiger partial charge in [-0.1, -0.05) is 0 Å². The minimum Gasteiger partial charge on any atom is -0.504 e. The molecule has 2 rings (SSSR count). The summed E-state index contributed by atoms with van der Waals surface area (Å²) in [6, 6.07) is 2.68. The number of aromatic hydroxyl groups is 2. The quantitative estimate of drug-likeness (QED) is 0.469. The van der Waals surface area contributed by atoms with Crippen LogP contribution in [0.4, 0.5) is 0 Å². The molecule has 0 aliphatic heterocycles. The number of carbonyl (C=O) groups is 2. The second kappa shape index (κ2) is 5.76. The van der Waals surface area contributed by atoms with E-state index < -0.39 is 35.5 Å². The van der Waals surface area contributed by atoms with Crippen LogP contribution in [0, 0.1) is 6.92 Å². The molecule has 0 atom stereocenters. The molecule has 0 saturated carbocycles. The zero-order valence-corrected chi connectivity index (χ0v) is 11.5. The highest BCUT2D eigenvalue weighted by molar-refractivity contribution is 5.89. The maximum atomic E-state index is 11.9. The van der Waals surface area contributed by atoms with Crippen molar-refractivity contribution in [3.63, 3.8) is 0 Å². The molecule has 0 aliphatic rings. The molecule has 0 saturated heterocycles. The standard InChI is InChI=1S/C14H13NO7/c1-6-7-2-3-9(16)12(20)13(7)22-14(21)8(6)4-10(17)15-5-11(18)19/h2-3,16,20H,4-5H2,1H3,(H,15,17)(H,18,19). The maximum absolute atomic E-state index is 11.9. The van der Waals surface area contributed by atoms with Crippen LogP contribution in [0.25, 0.3) is 11.0 Å². The van der Waals surface area contributed by atoms with Crippen LogP contribution in [0.1, 0.15) is 11.1 Å². The second-order valence-corrected chi connectivity index (χ2v) is 4.65. The number of rotatable bonds is 4. The van der Waals surface area contributed by atoms with Gasteiger partial charge in [0.1, 0.15) is 6.54 Å². The third-order valence-corrected chi connectivity index (χ3v) is 3.18. The number of phenolic OH excluding ortho intramolecular Hbond substituents is 2. The van der Waals surface area contributed by atoms with E-state index in [-0.39, 0.29) is 17.6 Å². The number of aliphatic carboxylic acids is 1. The number of amides is 1. The van der Waals surface area contributed by atoms with Crippen molar-refractivity contribution in [2.75, 3.05) is 6.54 Å². The molecule has 1 heterocycles. The highest BCUT2D eigenvalue weighted by Crippen LogP contribution is 2.34. The number of carboxylic acid groups (broad SMARTS) is 1. The fraction of sp³-hybridized carbons (Fsp3) is 0.214. The van der Waals surface area contributed by atoms with Crippen molar-refractivity contribution < 1.29 is 29.3 Å². The predicted octanol–water partition coefficient (Wildman–Crippen LogP) is 0.256. The first kappa shape index (κ1) is 15.4. The minimum absolute atomic E-state index is 0.0560. The highest BCUT2D eigenvalue weighted by Gasteiger charge is 2.18. The summed E-state index contributed by atoms with van der Waals surface area (Å²) in [6.45, 7) is 1.01. The molecule has 0 bridgehead atoms. The molecule has 0 spiro atoms. The number of nitrogens with one attached hydrogen (secondary N) is 1. The lowest BCUT2D eigenvalue weighted by Crippen LogP contribution is -2.32. The molecular weight excluding hydrogens is 294 g/mol. The van der Waals surface area contributed by atoms with Crippen molar-refractivity contribution in [2.45, 2.75) is 13.3 Å². The van der Waals surface area contributed by atoms with Gasteiger partial charge in [-0.2, -0.15) is 0 Å². The molecule has 8 nitrogen and oxygen atoms in total. The van der Waals surface area contributed by atoms with E-state index in [1.54, 1.807) is 6.92 Å². The minimum atomic E-state index is -1.20. The van der Waals surface area contributed by atoms with Gasteiger partial charge in [-0.25, -0.2) is 4.79 Å². The van der Waals surface area contributed by atoms with Crippen molar-refractivity contribution in [3.8, 4) is 11.5 Å². The molecular formula is C14H13NO7. The summed E-state index contributed by atoms with van der Waals surface area (Å²) >= 11 is 0. The van der Waals surface area contributed by atoms with Crippen LogP contribution in [0.15, 0.2) is 21.3 Å². The van der Waals surface area contributed by atoms with E-state index in [0.29, 0.717) is 10.9 Å². The molecule has 1 amide bonds. The first-order valence-electron chi connectivity index (χ1n) is 6.27. The van der Waals surface area contributed by atoms with Crippen LogP contribution in [-0.4, -0.2) is 33.7 Å². The normalized spacial score (nSPS) is 10.6. The van der Waals surface area contributed by atoms with Crippen LogP contribution in [0.2, 0.25) is 0 Å². The monoisotopic (exact) mass is 307 g/mol. The van der Waals surface area contributed by atoms with Gasteiger partial charge in [-0.15, -0.1) is 0 Å². The topological polar surface area (TPSA) is 137 Å². The Morgan fingerprint density at radius 2 is 1.95 bits per heavy atom. The van der Waals surface area contributed by atoms with Gasteiger partial charge in [-0.05, 0) is 24.6 Å². The number of carbonyl (C=O) groups excluding carboxylic acids is 1. The Labute approximate surface area is 123 Å². The summed E-state index contributed by atoms with van der Waals surface area (Å²) in [5, 5.41) is 30.1. The SMILES string of the molecule is Cc1c(CC(=O)NCC(=O)O)c(=O)oc2c(O)c(O)ccc12. The van der Waals surface area contributed by atoms with Crippen LogP contribution in [0.3, 0.4) is 0 Å². The molecule has 116 valence electrons. The Balaban J connectivity index is 2.44. The van der Waals surface area contributed by atoms with E-state index in [1.807, 2.05) is 0 Å². The summed E-state index contributed by atoms with van der Waals surface area (Å²) in [5.41, 5.74) is -0.541. The number of phenols is 2. The first-order chi connectivity index (χ1) is 10.3. The molecule has 0 radical (unpaired) electrons. The second-order valence-electron chi connectivity index (χ2n) is 4.65. The van der Waals surface area contributed by atoms with E-state index in [2.05, 4.69) is 5.32 Å². The number of aryl methyl sites for hydroxylation is 1. The fourth-order valence-electron chi connectivity index (χ4n) is 2.03. The molecule has 2 aromatic rings. The number of benzene rings is 1. The molecule has 1 aromatic carbocycles. The Hall–Kier alpha value is -3.03. The van der Waals surface area contributed by atoms with Gasteiger partial charge in [0, 0.05) is 5.39 Å². The van der Waals surface area contributed by atoms with Crippen molar-refractivity contribution in [1.29, 1.82) is 0 Å². The number of hydrogen-bond donors (Lipinski definition) is 4. The van der Waals surface area contributed by atoms with Crippen molar-refractivity contribution in [1.82, 2.24) is 5.32 Å². The Kier molecular flexibility index (Phi) is 4.02. The van der Waals surface area contributed by atoms with Crippen LogP contribution >= 0.6 is 0 Å². The largest absolute Gasteiger partial charge is 0.504 e. The molecule has 4 N–H and O–H groups in total. The Morgan fingerprint density at radius 1 is 1.27 bits per heavy atom. The molecule has 0 fully saturated rings. The van der Waals surface area contributed by atoms with Crippen LogP contribution in [0.5, 0.6) is 11.5 Å². The summed E-state index contributed by atoms with van der Waals surface area (Å²) in [6.07, 6.45) is -0.348. The highest BCUT2D eigenvalue weighted by atomic mass is 16.4. The number of fused-ring (bicyclic) bond motifs is 1. The van der Waals surface area contributed by atoms with Gasteiger partial charge >= 0.3 is 11.6 Å². The summed E-state index contributed by atoms with van der Waals surface area (Å²) in [5.74, 6) is -2.82. The predicted molar refractivity (Wildman–Crippen MR) is 74.9 cm³/mol. The number of carboxylic acids is 1. The lowest BCUT2D eigenvalue weighted by molar-refractivity contribution is -0.137. The van der Waals surface area contributed by atoms with Crippen LogP contribution < -0.4 is 10.9 Å². The van der Waals surface area contributed by atoms with Crippen molar-refractivity contribution in [2.24, 2.45) is 0 Å². The van der Waals surface area contributed by atoms with E-state index in [0.717, 1.165) is 0 Å². The average Bonchev–Trinajstić information content (AvgIpc) is 2.45. The van der Waals surface area contributed by atoms with E-state index in [9.17, 15) is 24.6 Å². The molecule has 22 heavy (non-hydrogen) atoms. The van der Waals surface area contributed by atoms with Gasteiger partial charge in [0.15, 0.2) is 11.3 Å². The van der Waals surface area contributed by atoms with Crippen LogP contribution in [-0.2, 0) is 16.0 Å². The van der Waals surface area contributed by atoms with E-state index >= 15 is 0 Å². The summed E-state index contributed by atoms with van der Waals surface area (Å²) < 4.78 is 4.95. The van der Waals surface area contributed by atoms with Gasteiger partial charge in [0.05, 0.1) is 12.0 Å². The smallest absolute Gasteiger partial charge is 0.340 e. The Morgan fingerprint density at radius 3 is 2.59 bits per heavy atom. The van der Waals surface area contributed by atoms with Gasteiger partial charge in [0.2, 0.25) is 11.7 Å². The summed E-state index contributed by atoms with van der Waals surface area (Å²) in [4.78, 5) is 34.0. The molecule has 8 heteroatoms. The lowest BCUT2D eigenvalue weighted by atomic mass is 10.0.